The summed E-state index contributed by atoms with van der Waals surface area (Å²) >= 11 is 1.67. The molecule has 1 aromatic heterocycles. The van der Waals surface area contributed by atoms with Crippen molar-refractivity contribution in [3.8, 4) is 10.4 Å². The number of hydrogen-bond donors (Lipinski definition) is 2. The molecule has 3 nitrogen and oxygen atoms in total. The fourth-order valence-electron chi connectivity index (χ4n) is 2.04. The van der Waals surface area contributed by atoms with Gasteiger partial charge in [0.05, 0.1) is 5.54 Å². The quantitative estimate of drug-likeness (QED) is 0.880. The normalized spacial score (nSPS) is 11.3. The van der Waals surface area contributed by atoms with Gasteiger partial charge in [0, 0.05) is 16.1 Å². The van der Waals surface area contributed by atoms with Gasteiger partial charge in [0.1, 0.15) is 0 Å². The van der Waals surface area contributed by atoms with Crippen LogP contribution in [0.15, 0.2) is 41.8 Å². The third kappa shape index (κ3) is 3.26. The Morgan fingerprint density at radius 2 is 1.95 bits per heavy atom. The molecule has 1 aromatic carbocycles. The molecule has 0 spiro atoms. The SMILES string of the molecule is CCNC(C)(C)C(=O)Nc1ccccc1-c1cccs1. The van der Waals surface area contributed by atoms with Gasteiger partial charge in [-0.25, -0.2) is 0 Å². The first kappa shape index (κ1) is 14.8. The minimum absolute atomic E-state index is 0.0247. The van der Waals surface area contributed by atoms with Crippen LogP contribution in [0.5, 0.6) is 0 Å². The third-order valence-electron chi connectivity index (χ3n) is 3.15. The Hall–Kier alpha value is -1.65. The maximum atomic E-state index is 12.4. The second kappa shape index (κ2) is 6.20. The maximum absolute atomic E-state index is 12.4. The van der Waals surface area contributed by atoms with Crippen LogP contribution in [0.1, 0.15) is 20.8 Å². The summed E-state index contributed by atoms with van der Waals surface area (Å²) in [4.78, 5) is 13.5. The number of amides is 1. The summed E-state index contributed by atoms with van der Waals surface area (Å²) in [7, 11) is 0. The molecule has 20 heavy (non-hydrogen) atoms. The zero-order chi connectivity index (χ0) is 14.6. The number of carbonyl (C=O) groups is 1. The van der Waals surface area contributed by atoms with Gasteiger partial charge >= 0.3 is 0 Å². The van der Waals surface area contributed by atoms with Gasteiger partial charge in [0.2, 0.25) is 5.91 Å². The topological polar surface area (TPSA) is 41.1 Å². The van der Waals surface area contributed by atoms with Crippen molar-refractivity contribution in [2.24, 2.45) is 0 Å². The van der Waals surface area contributed by atoms with Crippen molar-refractivity contribution in [3.63, 3.8) is 0 Å². The number of rotatable bonds is 5. The van der Waals surface area contributed by atoms with Crippen molar-refractivity contribution >= 4 is 22.9 Å². The van der Waals surface area contributed by atoms with Crippen LogP contribution in [0.2, 0.25) is 0 Å². The first-order valence-corrected chi connectivity index (χ1v) is 7.62. The molecule has 2 aromatic rings. The minimum atomic E-state index is -0.586. The molecule has 0 atom stereocenters. The first-order chi connectivity index (χ1) is 9.54. The van der Waals surface area contributed by atoms with Crippen LogP contribution in [0, 0.1) is 0 Å². The Balaban J connectivity index is 2.25. The fourth-order valence-corrected chi connectivity index (χ4v) is 2.81. The van der Waals surface area contributed by atoms with Crippen molar-refractivity contribution in [3.05, 3.63) is 41.8 Å². The van der Waals surface area contributed by atoms with E-state index in [4.69, 9.17) is 0 Å². The van der Waals surface area contributed by atoms with Crippen LogP contribution in [0.25, 0.3) is 10.4 Å². The number of nitrogens with one attached hydrogen (secondary N) is 2. The number of para-hydroxylation sites is 1. The van der Waals surface area contributed by atoms with E-state index in [2.05, 4.69) is 16.7 Å². The van der Waals surface area contributed by atoms with Crippen molar-refractivity contribution in [2.45, 2.75) is 26.3 Å². The zero-order valence-corrected chi connectivity index (χ0v) is 12.9. The molecule has 0 aliphatic heterocycles. The summed E-state index contributed by atoms with van der Waals surface area (Å²) in [5.41, 5.74) is 1.33. The lowest BCUT2D eigenvalue weighted by Crippen LogP contribution is -2.49. The molecule has 4 heteroatoms. The monoisotopic (exact) mass is 288 g/mol. The molecule has 2 rings (SSSR count). The molecule has 1 heterocycles. The van der Waals surface area contributed by atoms with E-state index < -0.39 is 5.54 Å². The molecular formula is C16H20N2OS. The van der Waals surface area contributed by atoms with Gasteiger partial charge in [-0.3, -0.25) is 4.79 Å². The Kier molecular flexibility index (Phi) is 4.57. The van der Waals surface area contributed by atoms with Gasteiger partial charge in [0.25, 0.3) is 0 Å². The van der Waals surface area contributed by atoms with E-state index in [1.165, 1.54) is 0 Å². The predicted molar refractivity (Wildman–Crippen MR) is 86.1 cm³/mol. The summed E-state index contributed by atoms with van der Waals surface area (Å²) in [6.07, 6.45) is 0. The van der Waals surface area contributed by atoms with Crippen molar-refractivity contribution in [2.75, 3.05) is 11.9 Å². The summed E-state index contributed by atoms with van der Waals surface area (Å²) in [6.45, 7) is 6.53. The van der Waals surface area contributed by atoms with E-state index in [0.29, 0.717) is 0 Å². The van der Waals surface area contributed by atoms with Gasteiger partial charge in [-0.2, -0.15) is 0 Å². The van der Waals surface area contributed by atoms with E-state index in [1.54, 1.807) is 11.3 Å². The Morgan fingerprint density at radius 3 is 2.60 bits per heavy atom. The average Bonchev–Trinajstić information content (AvgIpc) is 2.93. The molecule has 0 fully saturated rings. The molecular weight excluding hydrogens is 268 g/mol. The van der Waals surface area contributed by atoms with Gasteiger partial charge in [-0.15, -0.1) is 11.3 Å². The van der Waals surface area contributed by atoms with Crippen molar-refractivity contribution < 1.29 is 4.79 Å². The van der Waals surface area contributed by atoms with Crippen LogP contribution < -0.4 is 10.6 Å². The molecule has 0 aliphatic rings. The Labute approximate surface area is 124 Å². The van der Waals surface area contributed by atoms with Crippen molar-refractivity contribution in [1.29, 1.82) is 0 Å². The van der Waals surface area contributed by atoms with Gasteiger partial charge < -0.3 is 10.6 Å². The average molecular weight is 288 g/mol. The minimum Gasteiger partial charge on any atom is -0.324 e. The third-order valence-corrected chi connectivity index (χ3v) is 4.05. The molecule has 106 valence electrons. The number of carbonyl (C=O) groups excluding carboxylic acids is 1. The lowest BCUT2D eigenvalue weighted by molar-refractivity contribution is -0.121. The summed E-state index contributed by atoms with van der Waals surface area (Å²) in [5, 5.41) is 8.25. The number of likely N-dealkylation sites (N-methyl/N-ethyl adjacent to an activating group) is 1. The smallest absolute Gasteiger partial charge is 0.244 e. The summed E-state index contributed by atoms with van der Waals surface area (Å²) in [5.74, 6) is -0.0247. The maximum Gasteiger partial charge on any atom is 0.244 e. The zero-order valence-electron chi connectivity index (χ0n) is 12.1. The standard InChI is InChI=1S/C16H20N2OS/c1-4-17-16(2,3)15(19)18-13-9-6-5-8-12(13)14-10-7-11-20-14/h5-11,17H,4H2,1-3H3,(H,18,19). The second-order valence-electron chi connectivity index (χ2n) is 5.13. The number of benzene rings is 1. The first-order valence-electron chi connectivity index (χ1n) is 6.74. The Morgan fingerprint density at radius 1 is 1.20 bits per heavy atom. The van der Waals surface area contributed by atoms with Crippen LogP contribution in [0.4, 0.5) is 5.69 Å². The van der Waals surface area contributed by atoms with E-state index in [0.717, 1.165) is 22.7 Å². The van der Waals surface area contributed by atoms with Gasteiger partial charge in [0.15, 0.2) is 0 Å². The van der Waals surface area contributed by atoms with Crippen LogP contribution in [0.3, 0.4) is 0 Å². The molecule has 0 saturated heterocycles. The van der Waals surface area contributed by atoms with Gasteiger partial charge in [-0.1, -0.05) is 31.2 Å². The highest BCUT2D eigenvalue weighted by atomic mass is 32.1. The van der Waals surface area contributed by atoms with Crippen LogP contribution in [-0.4, -0.2) is 18.0 Å². The fraction of sp³-hybridized carbons (Fsp3) is 0.312. The van der Waals surface area contributed by atoms with Crippen molar-refractivity contribution in [1.82, 2.24) is 5.32 Å². The van der Waals surface area contributed by atoms with Crippen LogP contribution >= 0.6 is 11.3 Å². The summed E-state index contributed by atoms with van der Waals surface area (Å²) in [6, 6.07) is 12.0. The molecule has 1 amide bonds. The number of thiophene rings is 1. The molecule has 0 radical (unpaired) electrons. The highest BCUT2D eigenvalue weighted by Crippen LogP contribution is 2.31. The predicted octanol–water partition coefficient (Wildman–Crippen LogP) is 3.74. The lowest BCUT2D eigenvalue weighted by atomic mass is 10.0. The van der Waals surface area contributed by atoms with Gasteiger partial charge in [-0.05, 0) is 37.9 Å². The molecule has 0 bridgehead atoms. The number of anilines is 1. The van der Waals surface area contributed by atoms with E-state index in [9.17, 15) is 4.79 Å². The highest BCUT2D eigenvalue weighted by molar-refractivity contribution is 7.13. The highest BCUT2D eigenvalue weighted by Gasteiger charge is 2.26. The van der Waals surface area contributed by atoms with E-state index in [1.807, 2.05) is 56.5 Å². The van der Waals surface area contributed by atoms with E-state index >= 15 is 0 Å². The molecule has 0 unspecified atom stereocenters. The summed E-state index contributed by atoms with van der Waals surface area (Å²) < 4.78 is 0. The molecule has 2 N–H and O–H groups in total. The molecule has 0 saturated carbocycles. The largest absolute Gasteiger partial charge is 0.324 e. The number of hydrogen-bond acceptors (Lipinski definition) is 3. The van der Waals surface area contributed by atoms with E-state index in [-0.39, 0.29) is 5.91 Å². The lowest BCUT2D eigenvalue weighted by Gasteiger charge is -2.25. The molecule has 0 aliphatic carbocycles. The Bertz CT molecular complexity index is 576. The second-order valence-corrected chi connectivity index (χ2v) is 6.08. The van der Waals surface area contributed by atoms with Crippen LogP contribution in [-0.2, 0) is 4.79 Å².